The third kappa shape index (κ3) is 3.01. The maximum Gasteiger partial charge on any atom is 0.0611 e. The van der Waals surface area contributed by atoms with E-state index in [0.717, 1.165) is 18.9 Å². The molecule has 0 aromatic rings. The summed E-state index contributed by atoms with van der Waals surface area (Å²) in [5.41, 5.74) is 5.96. The van der Waals surface area contributed by atoms with E-state index in [0.29, 0.717) is 6.04 Å². The van der Waals surface area contributed by atoms with Crippen LogP contribution in [0.5, 0.6) is 0 Å². The lowest BCUT2D eigenvalue weighted by Crippen LogP contribution is -2.55. The van der Waals surface area contributed by atoms with Gasteiger partial charge in [-0.25, -0.2) is 0 Å². The zero-order chi connectivity index (χ0) is 12.3. The van der Waals surface area contributed by atoms with Gasteiger partial charge in [-0.15, -0.1) is 0 Å². The molecule has 1 heterocycles. The monoisotopic (exact) mass is 240 g/mol. The lowest BCUT2D eigenvalue weighted by Gasteiger charge is -2.46. The van der Waals surface area contributed by atoms with Crippen molar-refractivity contribution >= 4 is 0 Å². The first-order valence-electron chi connectivity index (χ1n) is 7.34. The molecule has 17 heavy (non-hydrogen) atoms. The van der Waals surface area contributed by atoms with Gasteiger partial charge < -0.3 is 10.8 Å². The molecule has 0 aromatic heterocycles. The van der Waals surface area contributed by atoms with Crippen LogP contribution in [0.3, 0.4) is 0 Å². The Bertz CT molecular complexity index is 246. The Kier molecular flexibility index (Phi) is 4.45. The summed E-state index contributed by atoms with van der Waals surface area (Å²) in [5, 5.41) is 9.45. The van der Waals surface area contributed by atoms with Gasteiger partial charge in [-0.3, -0.25) is 4.90 Å². The van der Waals surface area contributed by atoms with Crippen LogP contribution in [-0.4, -0.2) is 40.8 Å². The fourth-order valence-electron chi connectivity index (χ4n) is 3.73. The second-order valence-electron chi connectivity index (χ2n) is 6.07. The van der Waals surface area contributed by atoms with Crippen LogP contribution in [0.1, 0.15) is 58.3 Å². The second kappa shape index (κ2) is 5.68. The third-order valence-electron chi connectivity index (χ3n) is 4.78. The molecule has 1 aliphatic heterocycles. The highest BCUT2D eigenvalue weighted by atomic mass is 16.3. The number of piperidine rings is 1. The lowest BCUT2D eigenvalue weighted by atomic mass is 9.78. The topological polar surface area (TPSA) is 49.5 Å². The van der Waals surface area contributed by atoms with Gasteiger partial charge in [0, 0.05) is 17.6 Å². The van der Waals surface area contributed by atoms with E-state index in [-0.39, 0.29) is 12.1 Å². The molecule has 1 saturated heterocycles. The van der Waals surface area contributed by atoms with E-state index < -0.39 is 0 Å². The molecular weight excluding hydrogens is 212 g/mol. The minimum atomic E-state index is -0.307. The molecule has 0 radical (unpaired) electrons. The number of nitrogens with two attached hydrogens (primary N) is 1. The Morgan fingerprint density at radius 3 is 2.82 bits per heavy atom. The molecule has 2 fully saturated rings. The van der Waals surface area contributed by atoms with Crippen LogP contribution in [0.25, 0.3) is 0 Å². The van der Waals surface area contributed by atoms with Gasteiger partial charge in [-0.1, -0.05) is 13.3 Å². The second-order valence-corrected chi connectivity index (χ2v) is 6.07. The molecule has 2 aliphatic rings. The van der Waals surface area contributed by atoms with Crippen LogP contribution in [0.2, 0.25) is 0 Å². The van der Waals surface area contributed by atoms with E-state index in [2.05, 4.69) is 11.8 Å². The van der Waals surface area contributed by atoms with Gasteiger partial charge in [-0.2, -0.15) is 0 Å². The first-order chi connectivity index (χ1) is 8.18. The summed E-state index contributed by atoms with van der Waals surface area (Å²) in [5.74, 6) is 0. The van der Waals surface area contributed by atoms with E-state index in [1.165, 1.54) is 45.1 Å². The molecule has 3 unspecified atom stereocenters. The third-order valence-corrected chi connectivity index (χ3v) is 4.78. The Balaban J connectivity index is 2.00. The number of hydrogen-bond donors (Lipinski definition) is 2. The van der Waals surface area contributed by atoms with E-state index in [1.54, 1.807) is 0 Å². The van der Waals surface area contributed by atoms with Crippen LogP contribution in [0.15, 0.2) is 0 Å². The predicted octanol–water partition coefficient (Wildman–Crippen LogP) is 1.88. The number of hydrogen-bond acceptors (Lipinski definition) is 3. The standard InChI is InChI=1S/C14H28N2O/c1-2-12-6-3-4-9-16(12)13-7-5-8-14(15,10-13)11-17/h12-13,17H,2-11,15H2,1H3. The number of nitrogens with zero attached hydrogens (tertiary/aromatic N) is 1. The highest BCUT2D eigenvalue weighted by Gasteiger charge is 2.37. The molecule has 3 atom stereocenters. The summed E-state index contributed by atoms with van der Waals surface area (Å²) >= 11 is 0. The molecule has 1 aliphatic carbocycles. The summed E-state index contributed by atoms with van der Waals surface area (Å²) in [6, 6.07) is 1.38. The molecular formula is C14H28N2O. The first kappa shape index (κ1) is 13.3. The van der Waals surface area contributed by atoms with Crippen molar-refractivity contribution < 1.29 is 5.11 Å². The quantitative estimate of drug-likeness (QED) is 0.792. The smallest absolute Gasteiger partial charge is 0.0611 e. The molecule has 2 rings (SSSR count). The van der Waals surface area contributed by atoms with E-state index in [9.17, 15) is 5.11 Å². The minimum absolute atomic E-state index is 0.147. The van der Waals surface area contributed by atoms with Gasteiger partial charge in [0.15, 0.2) is 0 Å². The minimum Gasteiger partial charge on any atom is -0.394 e. The van der Waals surface area contributed by atoms with Gasteiger partial charge in [0.1, 0.15) is 0 Å². The van der Waals surface area contributed by atoms with Gasteiger partial charge in [0.25, 0.3) is 0 Å². The predicted molar refractivity (Wildman–Crippen MR) is 70.9 cm³/mol. The molecule has 0 spiro atoms. The van der Waals surface area contributed by atoms with Gasteiger partial charge in [-0.05, 0) is 51.5 Å². The summed E-state index contributed by atoms with van der Waals surface area (Å²) in [7, 11) is 0. The summed E-state index contributed by atoms with van der Waals surface area (Å²) < 4.78 is 0. The largest absolute Gasteiger partial charge is 0.394 e. The Morgan fingerprint density at radius 2 is 2.12 bits per heavy atom. The van der Waals surface area contributed by atoms with Crippen molar-refractivity contribution in [3.63, 3.8) is 0 Å². The van der Waals surface area contributed by atoms with Crippen LogP contribution < -0.4 is 5.73 Å². The molecule has 3 N–H and O–H groups in total. The van der Waals surface area contributed by atoms with Crippen molar-refractivity contribution in [2.24, 2.45) is 5.73 Å². The van der Waals surface area contributed by atoms with Crippen molar-refractivity contribution in [2.75, 3.05) is 13.2 Å². The van der Waals surface area contributed by atoms with Crippen LogP contribution in [-0.2, 0) is 0 Å². The zero-order valence-electron chi connectivity index (χ0n) is 11.2. The number of likely N-dealkylation sites (tertiary alicyclic amines) is 1. The summed E-state index contributed by atoms with van der Waals surface area (Å²) in [6.45, 7) is 3.69. The first-order valence-corrected chi connectivity index (χ1v) is 7.34. The molecule has 3 nitrogen and oxygen atoms in total. The Morgan fingerprint density at radius 1 is 1.29 bits per heavy atom. The normalized spacial score (nSPS) is 40.4. The van der Waals surface area contributed by atoms with Gasteiger partial charge in [0.05, 0.1) is 6.61 Å². The Hall–Kier alpha value is -0.120. The highest BCUT2D eigenvalue weighted by Crippen LogP contribution is 2.33. The van der Waals surface area contributed by atoms with E-state index in [1.807, 2.05) is 0 Å². The Labute approximate surface area is 105 Å². The van der Waals surface area contributed by atoms with Crippen molar-refractivity contribution in [1.82, 2.24) is 4.90 Å². The van der Waals surface area contributed by atoms with Gasteiger partial charge in [0.2, 0.25) is 0 Å². The fraction of sp³-hybridized carbons (Fsp3) is 1.00. The van der Waals surface area contributed by atoms with Gasteiger partial charge >= 0.3 is 0 Å². The van der Waals surface area contributed by atoms with Crippen molar-refractivity contribution in [3.8, 4) is 0 Å². The highest BCUT2D eigenvalue weighted by molar-refractivity contribution is 4.95. The maximum atomic E-state index is 9.45. The van der Waals surface area contributed by atoms with Crippen LogP contribution in [0, 0.1) is 0 Å². The fourth-order valence-corrected chi connectivity index (χ4v) is 3.73. The van der Waals surface area contributed by atoms with Crippen LogP contribution in [0.4, 0.5) is 0 Å². The average Bonchev–Trinajstić information content (AvgIpc) is 2.39. The molecule has 0 bridgehead atoms. The van der Waals surface area contributed by atoms with Crippen molar-refractivity contribution in [2.45, 2.75) is 75.9 Å². The van der Waals surface area contributed by atoms with E-state index >= 15 is 0 Å². The van der Waals surface area contributed by atoms with Crippen LogP contribution >= 0.6 is 0 Å². The molecule has 0 aromatic carbocycles. The molecule has 1 saturated carbocycles. The molecule has 0 amide bonds. The lowest BCUT2D eigenvalue weighted by molar-refractivity contribution is 0.0348. The zero-order valence-corrected chi connectivity index (χ0v) is 11.2. The number of aliphatic hydroxyl groups excluding tert-OH is 1. The van der Waals surface area contributed by atoms with Crippen molar-refractivity contribution in [1.29, 1.82) is 0 Å². The summed E-state index contributed by atoms with van der Waals surface area (Å²) in [6.07, 6.45) is 9.75. The maximum absolute atomic E-state index is 9.45. The van der Waals surface area contributed by atoms with Crippen molar-refractivity contribution in [3.05, 3.63) is 0 Å². The van der Waals surface area contributed by atoms with E-state index in [4.69, 9.17) is 5.73 Å². The molecule has 3 heteroatoms. The number of aliphatic hydroxyl groups is 1. The SMILES string of the molecule is CCC1CCCCN1C1CCCC(N)(CO)C1. The summed E-state index contributed by atoms with van der Waals surface area (Å²) in [4.78, 5) is 2.69. The molecule has 100 valence electrons. The average molecular weight is 240 g/mol. The number of rotatable bonds is 3.